The molecule has 0 saturated carbocycles. The minimum absolute atomic E-state index is 0. The third kappa shape index (κ3) is 3.68. The van der Waals surface area contributed by atoms with Crippen LogP contribution in [-0.2, 0) is 0 Å². The molecular formula is C20H23ClN6O. The molecule has 4 N–H and O–H groups in total. The molecule has 5 rings (SSSR count). The number of phenolic OH excluding ortho intramolecular Hbond substituents is 1. The number of phenols is 1. The van der Waals surface area contributed by atoms with Gasteiger partial charge in [0.1, 0.15) is 11.6 Å². The summed E-state index contributed by atoms with van der Waals surface area (Å²) in [5.74, 6) is 0.971. The summed E-state index contributed by atoms with van der Waals surface area (Å²) in [6.07, 6.45) is 8.35. The van der Waals surface area contributed by atoms with Crippen LogP contribution in [0.5, 0.6) is 5.75 Å². The summed E-state index contributed by atoms with van der Waals surface area (Å²) in [6, 6.07) is 11.1. The quantitative estimate of drug-likeness (QED) is 0.538. The van der Waals surface area contributed by atoms with Crippen LogP contribution in [0.15, 0.2) is 42.7 Å². The van der Waals surface area contributed by atoms with Gasteiger partial charge in [-0.25, -0.2) is 0 Å². The van der Waals surface area contributed by atoms with Crippen LogP contribution in [0.25, 0.3) is 22.4 Å². The average molecular weight is 399 g/mol. The zero-order valence-electron chi connectivity index (χ0n) is 15.3. The second-order valence-electron chi connectivity index (χ2n) is 7.47. The Bertz CT molecular complexity index is 918. The van der Waals surface area contributed by atoms with Crippen LogP contribution in [0, 0.1) is 0 Å². The van der Waals surface area contributed by atoms with Crippen LogP contribution in [0.3, 0.4) is 0 Å². The average Bonchev–Trinajstić information content (AvgIpc) is 3.32. The van der Waals surface area contributed by atoms with E-state index in [0.717, 1.165) is 29.8 Å². The van der Waals surface area contributed by atoms with Gasteiger partial charge in [0.25, 0.3) is 0 Å². The van der Waals surface area contributed by atoms with Gasteiger partial charge in [0, 0.05) is 35.4 Å². The molecule has 2 bridgehead atoms. The molecule has 2 aliphatic heterocycles. The Hall–Kier alpha value is -2.64. The number of hydrogen-bond donors (Lipinski definition) is 4. The summed E-state index contributed by atoms with van der Waals surface area (Å²) in [4.78, 5) is 0. The number of aromatic amines is 1. The third-order valence-corrected chi connectivity index (χ3v) is 5.59. The van der Waals surface area contributed by atoms with Crippen LogP contribution < -0.4 is 10.6 Å². The molecule has 1 unspecified atom stereocenters. The Morgan fingerprint density at radius 1 is 1.00 bits per heavy atom. The molecule has 4 heterocycles. The fourth-order valence-electron chi connectivity index (χ4n) is 4.27. The van der Waals surface area contributed by atoms with E-state index in [1.54, 1.807) is 18.5 Å². The van der Waals surface area contributed by atoms with Crippen LogP contribution >= 0.6 is 12.4 Å². The third-order valence-electron chi connectivity index (χ3n) is 5.59. The summed E-state index contributed by atoms with van der Waals surface area (Å²) in [7, 11) is 0. The molecule has 7 nitrogen and oxygen atoms in total. The number of hydrogen-bond acceptors (Lipinski definition) is 6. The van der Waals surface area contributed by atoms with E-state index in [1.165, 1.54) is 12.8 Å². The zero-order valence-corrected chi connectivity index (χ0v) is 16.1. The second-order valence-corrected chi connectivity index (χ2v) is 7.47. The molecule has 0 spiro atoms. The highest BCUT2D eigenvalue weighted by Crippen LogP contribution is 2.32. The predicted octanol–water partition coefficient (Wildman–Crippen LogP) is 3.36. The van der Waals surface area contributed by atoms with E-state index in [2.05, 4.69) is 31.0 Å². The number of benzene rings is 1. The van der Waals surface area contributed by atoms with Gasteiger partial charge in [0.05, 0.1) is 11.9 Å². The number of aromatic hydroxyl groups is 1. The maximum Gasteiger partial charge on any atom is 0.148 e. The van der Waals surface area contributed by atoms with Gasteiger partial charge in [-0.2, -0.15) is 5.10 Å². The smallest absolute Gasteiger partial charge is 0.148 e. The van der Waals surface area contributed by atoms with Gasteiger partial charge >= 0.3 is 0 Å². The van der Waals surface area contributed by atoms with Crippen LogP contribution in [0.1, 0.15) is 25.7 Å². The fraction of sp³-hybridized carbons (Fsp3) is 0.350. The number of nitrogens with one attached hydrogen (secondary N) is 3. The SMILES string of the molecule is Cl.Oc1cc(-c2cn[nH]c2)ccc1-c1ccc(NC2C[C@H]3CC[C@@H](C2)N3)nn1. The summed E-state index contributed by atoms with van der Waals surface area (Å²) in [5.41, 5.74) is 3.15. The molecule has 146 valence electrons. The standard InChI is InChI=1S/C20H22N6O.ClH/c27-19-7-12(13-10-21-22-11-13)1-4-17(19)18-5-6-20(26-25-18)24-16-8-14-2-3-15(9-16)23-14;/h1,4-7,10-11,14-16,23,27H,2-3,8-9H2,(H,21,22)(H,24,26);1H/t14-,15+,16?;. The first kappa shape index (κ1) is 18.7. The molecule has 0 amide bonds. The lowest BCUT2D eigenvalue weighted by Gasteiger charge is -2.29. The number of piperidine rings is 1. The Morgan fingerprint density at radius 3 is 2.46 bits per heavy atom. The number of fused-ring (bicyclic) bond motifs is 2. The molecule has 3 aromatic rings. The molecule has 28 heavy (non-hydrogen) atoms. The van der Waals surface area contributed by atoms with Crippen molar-refractivity contribution in [1.82, 2.24) is 25.7 Å². The monoisotopic (exact) mass is 398 g/mol. The van der Waals surface area contributed by atoms with Crippen LogP contribution in [0.2, 0.25) is 0 Å². The molecule has 2 saturated heterocycles. The maximum atomic E-state index is 10.4. The molecule has 1 aromatic carbocycles. The van der Waals surface area contributed by atoms with Gasteiger partial charge in [0.15, 0.2) is 0 Å². The van der Waals surface area contributed by atoms with Crippen molar-refractivity contribution in [2.24, 2.45) is 0 Å². The molecule has 2 fully saturated rings. The van der Waals surface area contributed by atoms with Crippen molar-refractivity contribution >= 4 is 18.2 Å². The molecule has 0 aliphatic carbocycles. The van der Waals surface area contributed by atoms with E-state index >= 15 is 0 Å². The van der Waals surface area contributed by atoms with Crippen molar-refractivity contribution in [3.05, 3.63) is 42.7 Å². The summed E-state index contributed by atoms with van der Waals surface area (Å²) in [5, 5.41) is 32.9. The van der Waals surface area contributed by atoms with Crippen molar-refractivity contribution in [3.63, 3.8) is 0 Å². The lowest BCUT2D eigenvalue weighted by molar-refractivity contribution is 0.377. The van der Waals surface area contributed by atoms with Crippen molar-refractivity contribution in [2.45, 2.75) is 43.8 Å². The molecule has 0 radical (unpaired) electrons. The Kier molecular flexibility index (Phi) is 5.19. The first-order valence-corrected chi connectivity index (χ1v) is 9.43. The van der Waals surface area contributed by atoms with Gasteiger partial charge in [-0.1, -0.05) is 6.07 Å². The Balaban J connectivity index is 0.00000192. The fourth-order valence-corrected chi connectivity index (χ4v) is 4.27. The number of H-pyrrole nitrogens is 1. The molecule has 2 aliphatic rings. The van der Waals surface area contributed by atoms with Crippen LogP contribution in [-0.4, -0.2) is 43.6 Å². The summed E-state index contributed by atoms with van der Waals surface area (Å²) >= 11 is 0. The number of anilines is 1. The lowest BCUT2D eigenvalue weighted by atomic mass is 10.00. The van der Waals surface area contributed by atoms with E-state index in [0.29, 0.717) is 29.4 Å². The largest absolute Gasteiger partial charge is 0.507 e. The minimum Gasteiger partial charge on any atom is -0.507 e. The molecule has 2 aromatic heterocycles. The van der Waals surface area contributed by atoms with E-state index in [1.807, 2.05) is 24.3 Å². The van der Waals surface area contributed by atoms with Crippen molar-refractivity contribution in [1.29, 1.82) is 0 Å². The van der Waals surface area contributed by atoms with Crippen molar-refractivity contribution in [3.8, 4) is 28.1 Å². The normalized spacial score (nSPS) is 23.2. The molecule has 3 atom stereocenters. The van der Waals surface area contributed by atoms with Gasteiger partial charge in [0.2, 0.25) is 0 Å². The molecule has 8 heteroatoms. The van der Waals surface area contributed by atoms with E-state index in [-0.39, 0.29) is 18.2 Å². The predicted molar refractivity (Wildman–Crippen MR) is 111 cm³/mol. The first-order valence-electron chi connectivity index (χ1n) is 9.43. The summed E-state index contributed by atoms with van der Waals surface area (Å²) in [6.45, 7) is 0. The second kappa shape index (κ2) is 7.77. The number of nitrogens with zero attached hydrogens (tertiary/aromatic N) is 3. The zero-order chi connectivity index (χ0) is 18.2. The van der Waals surface area contributed by atoms with Gasteiger partial charge < -0.3 is 15.7 Å². The molecular weight excluding hydrogens is 376 g/mol. The summed E-state index contributed by atoms with van der Waals surface area (Å²) < 4.78 is 0. The highest BCUT2D eigenvalue weighted by atomic mass is 35.5. The van der Waals surface area contributed by atoms with Gasteiger partial charge in [-0.3, -0.25) is 5.10 Å². The van der Waals surface area contributed by atoms with E-state index < -0.39 is 0 Å². The van der Waals surface area contributed by atoms with Crippen molar-refractivity contribution < 1.29 is 5.11 Å². The maximum absolute atomic E-state index is 10.4. The number of halogens is 1. The first-order chi connectivity index (χ1) is 13.2. The minimum atomic E-state index is 0. The lowest BCUT2D eigenvalue weighted by Crippen LogP contribution is -2.43. The van der Waals surface area contributed by atoms with Gasteiger partial charge in [-0.15, -0.1) is 22.6 Å². The van der Waals surface area contributed by atoms with Gasteiger partial charge in [-0.05, 0) is 55.5 Å². The number of rotatable bonds is 4. The van der Waals surface area contributed by atoms with Crippen molar-refractivity contribution in [2.75, 3.05) is 5.32 Å². The van der Waals surface area contributed by atoms with Crippen LogP contribution in [0.4, 0.5) is 5.82 Å². The van der Waals surface area contributed by atoms with E-state index in [9.17, 15) is 5.11 Å². The number of aromatic nitrogens is 4. The highest BCUT2D eigenvalue weighted by molar-refractivity contribution is 5.85. The topological polar surface area (TPSA) is 98.8 Å². The highest BCUT2D eigenvalue weighted by Gasteiger charge is 2.33. The Labute approximate surface area is 169 Å². The van der Waals surface area contributed by atoms with E-state index in [4.69, 9.17) is 0 Å². The Morgan fingerprint density at radius 2 is 1.82 bits per heavy atom.